The molecule has 0 saturated carbocycles. The molecule has 0 spiro atoms. The summed E-state index contributed by atoms with van der Waals surface area (Å²) in [6.45, 7) is 0. The summed E-state index contributed by atoms with van der Waals surface area (Å²) in [6, 6.07) is 15.0. The predicted octanol–water partition coefficient (Wildman–Crippen LogP) is 2.48. The van der Waals surface area contributed by atoms with E-state index in [0.717, 1.165) is 16.7 Å². The summed E-state index contributed by atoms with van der Waals surface area (Å²) in [5, 5.41) is 0. The molecule has 0 fully saturated rings. The maximum absolute atomic E-state index is 11.3. The van der Waals surface area contributed by atoms with Crippen LogP contribution in [0.3, 0.4) is 0 Å². The topological polar surface area (TPSA) is 60.2 Å². The van der Waals surface area contributed by atoms with E-state index in [1.54, 1.807) is 12.1 Å². The Labute approximate surface area is 107 Å². The molecule has 0 aliphatic rings. The van der Waals surface area contributed by atoms with Gasteiger partial charge in [-0.05, 0) is 23.3 Å². The van der Waals surface area contributed by atoms with Gasteiger partial charge in [-0.2, -0.15) is 0 Å². The average Bonchev–Trinajstić information content (AvgIpc) is 2.31. The van der Waals surface area contributed by atoms with Crippen LogP contribution in [0.25, 0.3) is 11.1 Å². The van der Waals surface area contributed by atoms with E-state index in [9.17, 15) is 8.42 Å². The van der Waals surface area contributed by atoms with Gasteiger partial charge >= 0.3 is 0 Å². The first kappa shape index (κ1) is 12.6. The minimum atomic E-state index is -3.03. The lowest BCUT2D eigenvalue weighted by Crippen LogP contribution is -2.01. The quantitative estimate of drug-likeness (QED) is 0.863. The molecule has 0 atom stereocenters. The normalized spacial score (nSPS) is 11.4. The van der Waals surface area contributed by atoms with Crippen molar-refractivity contribution in [3.05, 3.63) is 54.1 Å². The lowest BCUT2D eigenvalue weighted by atomic mass is 10.0. The second-order valence-corrected chi connectivity index (χ2v) is 6.50. The molecular weight excluding hydrogens is 246 g/mol. The molecule has 2 N–H and O–H groups in total. The van der Waals surface area contributed by atoms with Crippen molar-refractivity contribution < 1.29 is 8.42 Å². The largest absolute Gasteiger partial charge is 0.398 e. The van der Waals surface area contributed by atoms with E-state index in [1.807, 2.05) is 36.4 Å². The van der Waals surface area contributed by atoms with Crippen molar-refractivity contribution in [1.29, 1.82) is 0 Å². The van der Waals surface area contributed by atoms with Crippen molar-refractivity contribution >= 4 is 15.5 Å². The second-order valence-electron chi connectivity index (χ2n) is 4.36. The molecule has 0 aromatic heterocycles. The Kier molecular flexibility index (Phi) is 3.39. The summed E-state index contributed by atoms with van der Waals surface area (Å²) >= 11 is 0. The second kappa shape index (κ2) is 4.82. The zero-order valence-corrected chi connectivity index (χ0v) is 10.9. The van der Waals surface area contributed by atoms with Crippen LogP contribution in [0.2, 0.25) is 0 Å². The van der Waals surface area contributed by atoms with E-state index < -0.39 is 9.84 Å². The Balaban J connectivity index is 2.46. The Bertz CT molecular complexity index is 649. The number of hydrogen-bond donors (Lipinski definition) is 1. The Morgan fingerprint density at radius 3 is 2.33 bits per heavy atom. The van der Waals surface area contributed by atoms with Gasteiger partial charge in [0, 0.05) is 17.5 Å². The van der Waals surface area contributed by atoms with E-state index in [2.05, 4.69) is 0 Å². The Morgan fingerprint density at radius 2 is 1.72 bits per heavy atom. The molecule has 94 valence electrons. The lowest BCUT2D eigenvalue weighted by molar-refractivity contribution is 0.601. The molecule has 2 aromatic rings. The molecule has 3 nitrogen and oxygen atoms in total. The molecule has 0 bridgehead atoms. The zero-order valence-electron chi connectivity index (χ0n) is 10.1. The first-order valence-corrected chi connectivity index (χ1v) is 7.63. The molecule has 0 amide bonds. The van der Waals surface area contributed by atoms with Gasteiger partial charge in [0.2, 0.25) is 0 Å². The van der Waals surface area contributed by atoms with Crippen molar-refractivity contribution in [3.63, 3.8) is 0 Å². The third kappa shape index (κ3) is 3.11. The lowest BCUT2D eigenvalue weighted by Gasteiger charge is -2.08. The molecule has 0 aliphatic heterocycles. The van der Waals surface area contributed by atoms with Gasteiger partial charge in [0.05, 0.1) is 5.75 Å². The molecule has 0 aliphatic carbocycles. The summed E-state index contributed by atoms with van der Waals surface area (Å²) in [5.74, 6) is 0.0348. The number of nitrogens with two attached hydrogens (primary N) is 1. The number of rotatable bonds is 3. The number of hydrogen-bond acceptors (Lipinski definition) is 3. The number of sulfone groups is 1. The van der Waals surface area contributed by atoms with Gasteiger partial charge < -0.3 is 5.73 Å². The van der Waals surface area contributed by atoms with E-state index in [1.165, 1.54) is 6.26 Å². The minimum Gasteiger partial charge on any atom is -0.398 e. The monoisotopic (exact) mass is 261 g/mol. The van der Waals surface area contributed by atoms with E-state index in [-0.39, 0.29) is 5.75 Å². The third-order valence-corrected chi connectivity index (χ3v) is 3.49. The molecule has 4 heteroatoms. The van der Waals surface area contributed by atoms with Crippen molar-refractivity contribution in [2.45, 2.75) is 5.75 Å². The summed E-state index contributed by atoms with van der Waals surface area (Å²) in [6.07, 6.45) is 1.23. The molecule has 2 rings (SSSR count). The first-order valence-electron chi connectivity index (χ1n) is 5.57. The average molecular weight is 261 g/mol. The Hall–Kier alpha value is -1.81. The van der Waals surface area contributed by atoms with E-state index in [0.29, 0.717) is 5.69 Å². The molecule has 0 saturated heterocycles. The smallest absolute Gasteiger partial charge is 0.151 e. The van der Waals surface area contributed by atoms with Crippen molar-refractivity contribution in [2.24, 2.45) is 0 Å². The molecule has 0 radical (unpaired) electrons. The summed E-state index contributed by atoms with van der Waals surface area (Å²) < 4.78 is 22.6. The van der Waals surface area contributed by atoms with Crippen LogP contribution in [-0.4, -0.2) is 14.7 Å². The van der Waals surface area contributed by atoms with Gasteiger partial charge in [0.1, 0.15) is 0 Å². The van der Waals surface area contributed by atoms with Gasteiger partial charge in [-0.1, -0.05) is 36.4 Å². The van der Waals surface area contributed by atoms with Crippen molar-refractivity contribution in [2.75, 3.05) is 12.0 Å². The van der Waals surface area contributed by atoms with Crippen LogP contribution in [0.15, 0.2) is 48.5 Å². The molecule has 0 unspecified atom stereocenters. The molecule has 18 heavy (non-hydrogen) atoms. The summed E-state index contributed by atoms with van der Waals surface area (Å²) in [7, 11) is -3.03. The van der Waals surface area contributed by atoms with Gasteiger partial charge in [-0.3, -0.25) is 0 Å². The van der Waals surface area contributed by atoms with Gasteiger partial charge in [-0.15, -0.1) is 0 Å². The summed E-state index contributed by atoms with van der Waals surface area (Å²) in [5.41, 5.74) is 9.21. The fraction of sp³-hybridized carbons (Fsp3) is 0.143. The number of anilines is 1. The van der Waals surface area contributed by atoms with Crippen LogP contribution in [0, 0.1) is 0 Å². The minimum absolute atomic E-state index is 0.0348. The highest BCUT2D eigenvalue weighted by atomic mass is 32.2. The molecule has 2 aromatic carbocycles. The highest BCUT2D eigenvalue weighted by molar-refractivity contribution is 7.89. The summed E-state index contributed by atoms with van der Waals surface area (Å²) in [4.78, 5) is 0. The van der Waals surface area contributed by atoms with Gasteiger partial charge in [-0.25, -0.2) is 8.42 Å². The predicted molar refractivity (Wildman–Crippen MR) is 74.8 cm³/mol. The SMILES string of the molecule is CS(=O)(=O)Cc1ccc(N)c(-c2ccccc2)c1. The molecular formula is C14H15NO2S. The zero-order chi connectivity index (χ0) is 13.2. The van der Waals surface area contributed by atoms with Crippen molar-refractivity contribution in [1.82, 2.24) is 0 Å². The maximum Gasteiger partial charge on any atom is 0.151 e. The van der Waals surface area contributed by atoms with Crippen LogP contribution in [0.4, 0.5) is 5.69 Å². The highest BCUT2D eigenvalue weighted by Gasteiger charge is 2.08. The van der Waals surface area contributed by atoms with Crippen molar-refractivity contribution in [3.8, 4) is 11.1 Å². The van der Waals surface area contributed by atoms with Crippen LogP contribution >= 0.6 is 0 Å². The molecule has 0 heterocycles. The first-order chi connectivity index (χ1) is 8.46. The van der Waals surface area contributed by atoms with Crippen LogP contribution in [-0.2, 0) is 15.6 Å². The Morgan fingerprint density at radius 1 is 1.06 bits per heavy atom. The standard InChI is InChI=1S/C14H15NO2S/c1-18(16,17)10-11-7-8-14(15)13(9-11)12-5-3-2-4-6-12/h2-9H,10,15H2,1H3. The highest BCUT2D eigenvalue weighted by Crippen LogP contribution is 2.27. The van der Waals surface area contributed by atoms with Gasteiger partial charge in [0.15, 0.2) is 9.84 Å². The number of nitrogen functional groups attached to an aromatic ring is 1. The van der Waals surface area contributed by atoms with E-state index >= 15 is 0 Å². The van der Waals surface area contributed by atoms with Crippen LogP contribution in [0.5, 0.6) is 0 Å². The van der Waals surface area contributed by atoms with Gasteiger partial charge in [0.25, 0.3) is 0 Å². The van der Waals surface area contributed by atoms with Crippen LogP contribution in [0.1, 0.15) is 5.56 Å². The fourth-order valence-electron chi connectivity index (χ4n) is 1.86. The van der Waals surface area contributed by atoms with Crippen LogP contribution < -0.4 is 5.73 Å². The fourth-order valence-corrected chi connectivity index (χ4v) is 2.65. The number of benzene rings is 2. The van der Waals surface area contributed by atoms with E-state index in [4.69, 9.17) is 5.73 Å². The maximum atomic E-state index is 11.3. The third-order valence-electron chi connectivity index (χ3n) is 2.63.